The summed E-state index contributed by atoms with van der Waals surface area (Å²) in [4.78, 5) is 4.21. The normalized spacial score (nSPS) is 29.1. The Bertz CT molecular complexity index is 1040. The van der Waals surface area contributed by atoms with Crippen molar-refractivity contribution in [2.45, 2.75) is 11.8 Å². The molecule has 1 aliphatic carbocycles. The summed E-state index contributed by atoms with van der Waals surface area (Å²) < 4.78 is 16.8. The van der Waals surface area contributed by atoms with Crippen molar-refractivity contribution in [2.24, 2.45) is 21.6 Å². The van der Waals surface area contributed by atoms with Gasteiger partial charge in [0.05, 0.1) is 12.1 Å². The molecule has 0 radical (unpaired) electrons. The van der Waals surface area contributed by atoms with E-state index in [2.05, 4.69) is 17.1 Å². The van der Waals surface area contributed by atoms with Gasteiger partial charge in [0.1, 0.15) is 22.7 Å². The van der Waals surface area contributed by atoms with Crippen molar-refractivity contribution in [3.63, 3.8) is 0 Å². The van der Waals surface area contributed by atoms with Crippen LogP contribution >= 0.6 is 0 Å². The van der Waals surface area contributed by atoms with Gasteiger partial charge >= 0.3 is 0 Å². The highest BCUT2D eigenvalue weighted by Crippen LogP contribution is 2.81. The molecule has 0 aromatic heterocycles. The van der Waals surface area contributed by atoms with Gasteiger partial charge in [-0.15, -0.1) is 0 Å². The molecule has 0 unspecified atom stereocenters. The molecule has 28 heavy (non-hydrogen) atoms. The lowest BCUT2D eigenvalue weighted by atomic mass is 9.93. The van der Waals surface area contributed by atoms with Crippen molar-refractivity contribution in [3.8, 4) is 23.6 Å². The number of benzene rings is 2. The number of methoxy groups -OCH3 is 2. The van der Waals surface area contributed by atoms with Crippen LogP contribution in [0.2, 0.25) is 0 Å². The van der Waals surface area contributed by atoms with Gasteiger partial charge in [0, 0.05) is 20.1 Å². The largest absolute Gasteiger partial charge is 0.457 e. The number of nitriles is 2. The first-order valence-corrected chi connectivity index (χ1v) is 8.66. The maximum atomic E-state index is 10.1. The fourth-order valence-corrected chi connectivity index (χ4v) is 4.40. The topological polar surface area (TPSA) is 114 Å². The van der Waals surface area contributed by atoms with Crippen molar-refractivity contribution in [2.75, 3.05) is 14.2 Å². The molecule has 140 valence electrons. The van der Waals surface area contributed by atoms with E-state index in [0.29, 0.717) is 11.5 Å². The summed E-state index contributed by atoms with van der Waals surface area (Å²) in [7, 11) is 2.77. The summed E-state index contributed by atoms with van der Waals surface area (Å²) in [5, 5.41) is 20.1. The quantitative estimate of drug-likeness (QED) is 0.805. The highest BCUT2D eigenvalue weighted by Gasteiger charge is 2.93. The third-order valence-electron chi connectivity index (χ3n) is 5.65. The van der Waals surface area contributed by atoms with E-state index in [-0.39, 0.29) is 5.84 Å². The highest BCUT2D eigenvalue weighted by atomic mass is 16.7. The lowest BCUT2D eigenvalue weighted by molar-refractivity contribution is -0.230. The predicted molar refractivity (Wildman–Crippen MR) is 100 cm³/mol. The fourth-order valence-electron chi connectivity index (χ4n) is 4.40. The Morgan fingerprint density at radius 3 is 2.25 bits per heavy atom. The third kappa shape index (κ3) is 1.95. The number of nitrogens with two attached hydrogens (primary N) is 1. The van der Waals surface area contributed by atoms with Crippen LogP contribution in [0, 0.1) is 33.5 Å². The first-order valence-electron chi connectivity index (χ1n) is 8.66. The maximum Gasteiger partial charge on any atom is 0.292 e. The number of rotatable bonds is 5. The number of fused-ring (bicyclic) bond motifs is 1. The number of aliphatic imine (C=N–C) groups is 1. The lowest BCUT2D eigenvalue weighted by Crippen LogP contribution is -2.41. The van der Waals surface area contributed by atoms with Gasteiger partial charge in [0.25, 0.3) is 5.91 Å². The monoisotopic (exact) mass is 374 g/mol. The van der Waals surface area contributed by atoms with E-state index in [1.807, 2.05) is 48.5 Å². The van der Waals surface area contributed by atoms with E-state index in [9.17, 15) is 10.5 Å². The van der Waals surface area contributed by atoms with Crippen molar-refractivity contribution < 1.29 is 14.2 Å². The molecule has 1 saturated carbocycles. The molecule has 0 spiro atoms. The molecule has 0 saturated heterocycles. The molecule has 7 heteroatoms. The number of ether oxygens (including phenoxy) is 3. The highest BCUT2D eigenvalue weighted by molar-refractivity contribution is 6.00. The minimum absolute atomic E-state index is 0.0413. The minimum atomic E-state index is -1.64. The van der Waals surface area contributed by atoms with Crippen molar-refractivity contribution in [1.29, 1.82) is 10.5 Å². The van der Waals surface area contributed by atoms with Gasteiger partial charge in [-0.1, -0.05) is 30.3 Å². The van der Waals surface area contributed by atoms with E-state index in [1.165, 1.54) is 14.2 Å². The van der Waals surface area contributed by atoms with Crippen LogP contribution in [0.15, 0.2) is 59.6 Å². The number of hydrogen-bond acceptors (Lipinski definition) is 7. The van der Waals surface area contributed by atoms with Crippen LogP contribution in [-0.4, -0.2) is 26.0 Å². The molecule has 1 fully saturated rings. The molecule has 2 aromatic carbocycles. The maximum absolute atomic E-state index is 10.1. The Labute approximate surface area is 162 Å². The van der Waals surface area contributed by atoms with Crippen LogP contribution < -0.4 is 10.5 Å². The second kappa shape index (κ2) is 6.07. The van der Waals surface area contributed by atoms with Gasteiger partial charge in [0.2, 0.25) is 0 Å². The second-order valence-electron chi connectivity index (χ2n) is 6.75. The van der Waals surface area contributed by atoms with Crippen molar-refractivity contribution in [3.05, 3.63) is 60.2 Å². The van der Waals surface area contributed by atoms with E-state index >= 15 is 0 Å². The molecule has 1 heterocycles. The zero-order valence-corrected chi connectivity index (χ0v) is 15.4. The van der Waals surface area contributed by atoms with Gasteiger partial charge < -0.3 is 19.9 Å². The van der Waals surface area contributed by atoms with E-state index in [1.54, 1.807) is 6.07 Å². The first-order chi connectivity index (χ1) is 13.5. The predicted octanol–water partition coefficient (Wildman–Crippen LogP) is 2.91. The van der Waals surface area contributed by atoms with Crippen LogP contribution in [0.3, 0.4) is 0 Å². The van der Waals surface area contributed by atoms with Gasteiger partial charge in [-0.25, -0.2) is 4.99 Å². The number of hydrogen-bond donors (Lipinski definition) is 1. The Kier molecular flexibility index (Phi) is 3.90. The molecular formula is C21H18N4O3. The lowest BCUT2D eigenvalue weighted by Gasteiger charge is -2.29. The van der Waals surface area contributed by atoms with Crippen LogP contribution in [-0.2, 0) is 9.47 Å². The van der Waals surface area contributed by atoms with Crippen LogP contribution in [0.1, 0.15) is 11.5 Å². The summed E-state index contributed by atoms with van der Waals surface area (Å²) in [5.74, 6) is -0.885. The molecule has 1 aliphatic heterocycles. The zero-order chi connectivity index (χ0) is 20.0. The number of amidine groups is 1. The molecule has 3 atom stereocenters. The molecule has 7 nitrogen and oxygen atoms in total. The number of nitrogens with zero attached hydrogens (tertiary/aromatic N) is 3. The zero-order valence-electron chi connectivity index (χ0n) is 15.4. The van der Waals surface area contributed by atoms with Crippen LogP contribution in [0.5, 0.6) is 11.5 Å². The Hall–Kier alpha value is -3.39. The summed E-state index contributed by atoms with van der Waals surface area (Å²) >= 11 is 0. The summed E-state index contributed by atoms with van der Waals surface area (Å²) in [6.45, 7) is 0. The Balaban J connectivity index is 1.79. The fraction of sp³-hybridized carbons (Fsp3) is 0.286. The van der Waals surface area contributed by atoms with Gasteiger partial charge in [-0.3, -0.25) is 0 Å². The molecular weight excluding hydrogens is 356 g/mol. The standard InChI is InChI=1S/C21H18N4O3/c1-26-21(27-2)20(13-23)17(19(20,12-22)18(24)25-21)14-7-6-10-16(11-14)28-15-8-4-3-5-9-15/h3-11,17H,1-2H3,(H2,24,25)/t17-,19+,20-/m1/s1. The third-order valence-corrected chi connectivity index (χ3v) is 5.65. The number of para-hydroxylation sites is 1. The average Bonchev–Trinajstić information content (AvgIpc) is 3.31. The first kappa shape index (κ1) is 18.0. The molecule has 2 N–H and O–H groups in total. The van der Waals surface area contributed by atoms with Crippen molar-refractivity contribution in [1.82, 2.24) is 0 Å². The van der Waals surface area contributed by atoms with Crippen molar-refractivity contribution >= 4 is 5.84 Å². The van der Waals surface area contributed by atoms with Crippen LogP contribution in [0.4, 0.5) is 0 Å². The van der Waals surface area contributed by atoms with Gasteiger partial charge in [-0.05, 0) is 29.8 Å². The van der Waals surface area contributed by atoms with Crippen LogP contribution in [0.25, 0.3) is 0 Å². The smallest absolute Gasteiger partial charge is 0.292 e. The minimum Gasteiger partial charge on any atom is -0.457 e. The summed E-state index contributed by atoms with van der Waals surface area (Å²) in [6, 6.07) is 21.1. The molecule has 2 aliphatic rings. The summed E-state index contributed by atoms with van der Waals surface area (Å²) in [5.41, 5.74) is 4.16. The average molecular weight is 374 g/mol. The Morgan fingerprint density at radius 1 is 0.964 bits per heavy atom. The molecule has 2 aromatic rings. The van der Waals surface area contributed by atoms with E-state index in [0.717, 1.165) is 5.56 Å². The summed E-state index contributed by atoms with van der Waals surface area (Å²) in [6.07, 6.45) is 0. The Morgan fingerprint density at radius 2 is 1.64 bits per heavy atom. The van der Waals surface area contributed by atoms with Gasteiger partial charge in [-0.2, -0.15) is 10.5 Å². The van der Waals surface area contributed by atoms with E-state index in [4.69, 9.17) is 19.9 Å². The molecule has 4 rings (SSSR count). The SMILES string of the molecule is COC1(OC)N=C(N)[C@]2(C#N)[C@@H](c3cccc(Oc4ccccc4)c3)[C@@]12C#N. The van der Waals surface area contributed by atoms with Gasteiger partial charge in [0.15, 0.2) is 5.41 Å². The molecule has 0 amide bonds. The molecule has 0 bridgehead atoms. The van der Waals surface area contributed by atoms with E-state index < -0.39 is 22.7 Å². The second-order valence-corrected chi connectivity index (χ2v) is 6.75.